The van der Waals surface area contributed by atoms with Crippen LogP contribution in [0.3, 0.4) is 0 Å². The Kier molecular flexibility index (Phi) is 24.2. The second-order valence-corrected chi connectivity index (χ2v) is 24.2. The van der Waals surface area contributed by atoms with Gasteiger partial charge in [-0.1, -0.05) is 139 Å². The Balaban J connectivity index is 1.11. The van der Waals surface area contributed by atoms with Gasteiger partial charge in [0, 0.05) is 43.9 Å². The predicted molar refractivity (Wildman–Crippen MR) is 264 cm³/mol. The molecule has 3 fully saturated rings. The molecule has 0 aromatic rings. The third kappa shape index (κ3) is 16.9. The molecule has 0 bridgehead atoms. The Morgan fingerprint density at radius 3 is 2.19 bits per heavy atom. The van der Waals surface area contributed by atoms with E-state index in [1.54, 1.807) is 27.2 Å². The van der Waals surface area contributed by atoms with Gasteiger partial charge in [-0.05, 0) is 138 Å². The fourth-order valence-corrected chi connectivity index (χ4v) is 14.5. The molecule has 0 N–H and O–H groups in total. The van der Waals surface area contributed by atoms with Crippen molar-refractivity contribution >= 4 is 39.4 Å². The molecule has 0 spiro atoms. The molecular weight excluding hydrogens is 809 g/mol. The zero-order valence-corrected chi connectivity index (χ0v) is 42.9. The van der Waals surface area contributed by atoms with Gasteiger partial charge in [0.05, 0.1) is 13.0 Å². The zero-order chi connectivity index (χ0) is 45.0. The first-order valence-electron chi connectivity index (χ1n) is 26.0. The lowest BCUT2D eigenvalue weighted by atomic mass is 9.47. The molecule has 8 unspecified atom stereocenters. The molecule has 3 saturated carbocycles. The summed E-state index contributed by atoms with van der Waals surface area (Å²) < 4.78 is 11.6. The van der Waals surface area contributed by atoms with Crippen molar-refractivity contribution in [1.29, 1.82) is 0 Å². The molecule has 4 aliphatic carbocycles. The summed E-state index contributed by atoms with van der Waals surface area (Å²) in [4.78, 5) is 42.7. The van der Waals surface area contributed by atoms with Gasteiger partial charge in [0.1, 0.15) is 6.10 Å². The van der Waals surface area contributed by atoms with Crippen LogP contribution in [0.5, 0.6) is 0 Å². The molecule has 1 amide bonds. The fourth-order valence-electron chi connectivity index (χ4n) is 12.5. The van der Waals surface area contributed by atoms with Crippen molar-refractivity contribution in [2.24, 2.45) is 46.3 Å². The number of carbonyl (C=O) groups excluding carboxylic acids is 3. The summed E-state index contributed by atoms with van der Waals surface area (Å²) in [6.45, 7) is 17.8. The number of ether oxygens (including phenoxy) is 2. The molecule has 0 aliphatic heterocycles. The normalized spacial score (nSPS) is 27.3. The van der Waals surface area contributed by atoms with E-state index >= 15 is 0 Å². The topological polar surface area (TPSA) is 76.2 Å². The summed E-state index contributed by atoms with van der Waals surface area (Å²) >= 11 is 0. The van der Waals surface area contributed by atoms with Crippen molar-refractivity contribution in [3.05, 3.63) is 11.6 Å². The van der Waals surface area contributed by atoms with Crippen LogP contribution < -0.4 is 0 Å². The average molecular weight is 903 g/mol. The van der Waals surface area contributed by atoms with Crippen molar-refractivity contribution in [2.45, 2.75) is 208 Å². The summed E-state index contributed by atoms with van der Waals surface area (Å²) in [5.41, 5.74) is 2.37. The smallest absolute Gasteiger partial charge is 0.306 e. The summed E-state index contributed by atoms with van der Waals surface area (Å²) in [7, 11) is 7.48. The number of allylic oxidation sites excluding steroid dienone is 1. The molecular formula is C53H94N2O5S2. The van der Waals surface area contributed by atoms with Crippen LogP contribution >= 0.6 is 21.6 Å². The van der Waals surface area contributed by atoms with Gasteiger partial charge in [-0.25, -0.2) is 0 Å². The molecule has 0 heterocycles. The molecule has 4 rings (SSSR count). The van der Waals surface area contributed by atoms with E-state index in [1.807, 2.05) is 4.90 Å². The van der Waals surface area contributed by atoms with Gasteiger partial charge in [-0.15, -0.1) is 0 Å². The lowest BCUT2D eigenvalue weighted by molar-refractivity contribution is -0.151. The van der Waals surface area contributed by atoms with Gasteiger partial charge < -0.3 is 19.3 Å². The van der Waals surface area contributed by atoms with E-state index in [2.05, 4.69) is 66.6 Å². The third-order valence-corrected chi connectivity index (χ3v) is 18.5. The minimum atomic E-state index is -0.113. The Hall–Kier alpha value is -1.19. The van der Waals surface area contributed by atoms with E-state index in [0.717, 1.165) is 119 Å². The predicted octanol–water partition coefficient (Wildman–Crippen LogP) is 13.7. The highest BCUT2D eigenvalue weighted by Crippen LogP contribution is 2.67. The number of hydrogen-bond acceptors (Lipinski definition) is 8. The Morgan fingerprint density at radius 2 is 1.45 bits per heavy atom. The highest BCUT2D eigenvalue weighted by atomic mass is 33.1. The van der Waals surface area contributed by atoms with E-state index in [1.165, 1.54) is 83.5 Å². The van der Waals surface area contributed by atoms with E-state index in [4.69, 9.17) is 9.47 Å². The molecule has 0 aromatic heterocycles. The molecule has 0 aromatic carbocycles. The van der Waals surface area contributed by atoms with E-state index in [9.17, 15) is 14.4 Å². The number of rotatable bonds is 31. The number of amides is 1. The van der Waals surface area contributed by atoms with Gasteiger partial charge in [0.25, 0.3) is 0 Å². The van der Waals surface area contributed by atoms with Gasteiger partial charge in [0.2, 0.25) is 5.91 Å². The molecule has 358 valence electrons. The molecule has 62 heavy (non-hydrogen) atoms. The van der Waals surface area contributed by atoms with Crippen molar-refractivity contribution in [1.82, 2.24) is 9.80 Å². The number of unbranched alkanes of at least 4 members (excludes halogenated alkanes) is 8. The van der Waals surface area contributed by atoms with Crippen molar-refractivity contribution in [2.75, 3.05) is 51.8 Å². The van der Waals surface area contributed by atoms with E-state index in [0.29, 0.717) is 37.0 Å². The Morgan fingerprint density at radius 1 is 0.742 bits per heavy atom. The van der Waals surface area contributed by atoms with E-state index < -0.39 is 0 Å². The number of fused-ring (bicyclic) bond motifs is 5. The first-order valence-corrected chi connectivity index (χ1v) is 28.5. The van der Waals surface area contributed by atoms with Crippen LogP contribution in [0.15, 0.2) is 11.6 Å². The third-order valence-electron chi connectivity index (χ3n) is 16.1. The summed E-state index contributed by atoms with van der Waals surface area (Å²) in [6, 6.07) is 0. The van der Waals surface area contributed by atoms with Crippen LogP contribution in [-0.4, -0.2) is 85.6 Å². The van der Waals surface area contributed by atoms with Crippen LogP contribution in [0.4, 0.5) is 0 Å². The van der Waals surface area contributed by atoms with Crippen molar-refractivity contribution < 1.29 is 23.9 Å². The van der Waals surface area contributed by atoms with Gasteiger partial charge in [-0.2, -0.15) is 0 Å². The summed E-state index contributed by atoms with van der Waals surface area (Å²) in [5, 5.41) is 0. The fraction of sp³-hybridized carbons (Fsp3) is 0.906. The average Bonchev–Trinajstić information content (AvgIpc) is 3.59. The van der Waals surface area contributed by atoms with Gasteiger partial charge in [0.15, 0.2) is 0 Å². The number of hydrogen-bond donors (Lipinski definition) is 0. The number of nitrogens with zero attached hydrogens (tertiary/aromatic N) is 2. The van der Waals surface area contributed by atoms with Crippen molar-refractivity contribution in [3.8, 4) is 0 Å². The molecule has 8 atom stereocenters. The second kappa shape index (κ2) is 28.1. The maximum Gasteiger partial charge on any atom is 0.306 e. The Bertz CT molecular complexity index is 1360. The quantitative estimate of drug-likeness (QED) is 0.0295. The maximum atomic E-state index is 13.3. The molecule has 7 nitrogen and oxygen atoms in total. The summed E-state index contributed by atoms with van der Waals surface area (Å²) in [5.74, 6) is 6.52. The lowest BCUT2D eigenvalue weighted by Crippen LogP contribution is -2.51. The Labute approximate surface area is 389 Å². The minimum Gasteiger partial charge on any atom is -0.466 e. The second-order valence-electron chi connectivity index (χ2n) is 21.5. The van der Waals surface area contributed by atoms with Crippen LogP contribution in [0.25, 0.3) is 0 Å². The van der Waals surface area contributed by atoms with Crippen molar-refractivity contribution in [3.63, 3.8) is 0 Å². The lowest BCUT2D eigenvalue weighted by Gasteiger charge is -2.58. The summed E-state index contributed by atoms with van der Waals surface area (Å²) in [6.07, 6.45) is 30.2. The minimum absolute atomic E-state index is 0.0177. The largest absolute Gasteiger partial charge is 0.466 e. The van der Waals surface area contributed by atoms with Crippen LogP contribution in [0.2, 0.25) is 0 Å². The number of carbonyl (C=O) groups is 3. The van der Waals surface area contributed by atoms with Gasteiger partial charge in [-0.3, -0.25) is 14.4 Å². The first kappa shape index (κ1) is 53.4. The van der Waals surface area contributed by atoms with Crippen LogP contribution in [0.1, 0.15) is 202 Å². The molecule has 0 radical (unpaired) electrons. The molecule has 4 aliphatic rings. The maximum absolute atomic E-state index is 13.3. The SMILES string of the molecule is CCCCCCCCCOC(=O)CCSSCCC(=O)N(CCCCCC(=O)OC1CCC2(C)C(=CCC3C2CCC2(C)C(C(C)CCCC(C)C)CCC32)C1)CCCN(C)C. The zero-order valence-electron chi connectivity index (χ0n) is 41.3. The standard InChI is InChI=1S/C53H94N2O5S2/c1-9-10-11-12-13-14-18-37-59-50(57)31-39-62-61-38-30-49(56)55(36-20-34-54(7)8)35-17-15-16-23-51(58)60-44-28-32-52(5)43(40-44)24-25-45-47-27-26-46(42(4)22-19-21-41(2)3)53(47,6)33-29-48(45)52/h24,41-42,44-48H,9-23,25-40H2,1-8H3. The monoisotopic (exact) mass is 903 g/mol. The van der Waals surface area contributed by atoms with Gasteiger partial charge >= 0.3 is 11.9 Å². The van der Waals surface area contributed by atoms with Crippen LogP contribution in [0, 0.1) is 46.3 Å². The number of esters is 2. The highest BCUT2D eigenvalue weighted by molar-refractivity contribution is 8.76. The van der Waals surface area contributed by atoms with Crippen LogP contribution in [-0.2, 0) is 23.9 Å². The molecule has 9 heteroatoms. The van der Waals surface area contributed by atoms with E-state index in [-0.39, 0.29) is 29.4 Å². The molecule has 0 saturated heterocycles. The highest BCUT2D eigenvalue weighted by Gasteiger charge is 2.59. The first-order chi connectivity index (χ1) is 29.8.